The van der Waals surface area contributed by atoms with Crippen LogP contribution in [0.25, 0.3) is 10.9 Å². The molecule has 2 fully saturated rings. The molecule has 7 nitrogen and oxygen atoms in total. The number of carbonyl (C=O) groups is 1. The lowest BCUT2D eigenvalue weighted by atomic mass is 10.1. The predicted molar refractivity (Wildman–Crippen MR) is 108 cm³/mol. The Morgan fingerprint density at radius 3 is 2.71 bits per heavy atom. The van der Waals surface area contributed by atoms with Crippen LogP contribution in [0.2, 0.25) is 0 Å². The van der Waals surface area contributed by atoms with Gasteiger partial charge in [0.1, 0.15) is 38.0 Å². The Bertz CT molecular complexity index is 932. The maximum atomic E-state index is 12.3. The van der Waals surface area contributed by atoms with Gasteiger partial charge in [0.2, 0.25) is 0 Å². The molecule has 1 atom stereocenters. The quantitative estimate of drug-likeness (QED) is 0.439. The van der Waals surface area contributed by atoms with Crippen LogP contribution in [0.15, 0.2) is 30.5 Å². The van der Waals surface area contributed by atoms with Crippen molar-refractivity contribution < 1.29 is 23.0 Å². The van der Waals surface area contributed by atoms with Crippen molar-refractivity contribution >= 4 is 26.6 Å². The highest BCUT2D eigenvalue weighted by Crippen LogP contribution is 2.17. The Morgan fingerprint density at radius 2 is 1.96 bits per heavy atom. The van der Waals surface area contributed by atoms with E-state index in [0.29, 0.717) is 24.6 Å². The fourth-order valence-corrected chi connectivity index (χ4v) is 6.42. The van der Waals surface area contributed by atoms with Crippen LogP contribution in [0.4, 0.5) is 0 Å². The monoisotopic (exact) mass is 406 g/mol. The molecule has 2 saturated heterocycles. The highest BCUT2D eigenvalue weighted by Gasteiger charge is 2.38. The molecule has 4 rings (SSSR count). The smallest absolute Gasteiger partial charge is 0.275 e. The minimum absolute atomic E-state index is 0.0988. The molecule has 28 heavy (non-hydrogen) atoms. The summed E-state index contributed by atoms with van der Waals surface area (Å²) < 4.78 is 23.4. The third kappa shape index (κ3) is 4.56. The van der Waals surface area contributed by atoms with Crippen LogP contribution in [-0.4, -0.2) is 76.1 Å². The van der Waals surface area contributed by atoms with Gasteiger partial charge in [-0.2, -0.15) is 0 Å². The van der Waals surface area contributed by atoms with Crippen molar-refractivity contribution in [3.8, 4) is 0 Å². The second kappa shape index (κ2) is 8.23. The van der Waals surface area contributed by atoms with E-state index in [1.165, 1.54) is 20.7 Å². The number of piperazine rings is 1. The second-order valence-corrected chi connectivity index (χ2v) is 10.4. The average Bonchev–Trinajstić information content (AvgIpc) is 3.26. The van der Waals surface area contributed by atoms with Gasteiger partial charge in [-0.15, -0.1) is 0 Å². The number of H-pyrrole nitrogens is 1. The number of nitrogens with one attached hydrogen (secondary N) is 4. The summed E-state index contributed by atoms with van der Waals surface area (Å²) in [7, 11) is -2.81. The molecule has 2 aromatic rings. The van der Waals surface area contributed by atoms with Gasteiger partial charge >= 0.3 is 0 Å². The van der Waals surface area contributed by atoms with E-state index in [1.54, 1.807) is 0 Å². The summed E-state index contributed by atoms with van der Waals surface area (Å²) in [6.45, 7) is 4.93. The molecule has 1 aromatic carbocycles. The molecule has 152 valence electrons. The normalized spacial score (nSPS) is 27.1. The van der Waals surface area contributed by atoms with E-state index in [1.807, 2.05) is 18.3 Å². The topological polar surface area (TPSA) is 87.9 Å². The lowest BCUT2D eigenvalue weighted by molar-refractivity contribution is -1.02. The Hall–Kier alpha value is -1.90. The van der Waals surface area contributed by atoms with E-state index in [2.05, 4.69) is 22.4 Å². The van der Waals surface area contributed by atoms with Crippen molar-refractivity contribution in [2.75, 3.05) is 50.8 Å². The Morgan fingerprint density at radius 1 is 1.18 bits per heavy atom. The van der Waals surface area contributed by atoms with Gasteiger partial charge in [0, 0.05) is 30.1 Å². The predicted octanol–water partition coefficient (Wildman–Crippen LogP) is -2.20. The second-order valence-electron chi connectivity index (χ2n) is 8.14. The van der Waals surface area contributed by atoms with Gasteiger partial charge in [-0.3, -0.25) is 4.79 Å². The molecule has 1 aromatic heterocycles. The Balaban J connectivity index is 1.18. The van der Waals surface area contributed by atoms with Crippen molar-refractivity contribution in [2.45, 2.75) is 18.9 Å². The number of fused-ring (bicyclic) bond motifs is 1. The van der Waals surface area contributed by atoms with E-state index in [0.717, 1.165) is 44.5 Å². The molecule has 0 radical (unpaired) electrons. The Kier molecular flexibility index (Phi) is 5.70. The first-order chi connectivity index (χ1) is 13.5. The standard InChI is InChI=1S/C20H28N4O3S/c25-20(21-7-5-16-13-22-19-4-2-1-3-18(16)19)14-23-8-10-24(11-9-23)17-6-12-28(26,27)15-17/h1-4,13,17,22H,5-12,14-15H2,(H,21,25)/p+2/t17-/m0/s1. The van der Waals surface area contributed by atoms with Crippen molar-refractivity contribution in [3.63, 3.8) is 0 Å². The Labute approximate surface area is 166 Å². The molecular formula is C20H30N4O3S+2. The van der Waals surface area contributed by atoms with Crippen LogP contribution in [0.3, 0.4) is 0 Å². The van der Waals surface area contributed by atoms with Crippen LogP contribution < -0.4 is 15.1 Å². The molecule has 0 saturated carbocycles. The summed E-state index contributed by atoms with van der Waals surface area (Å²) in [5, 5.41) is 4.27. The number of benzene rings is 1. The van der Waals surface area contributed by atoms with Crippen molar-refractivity contribution in [2.24, 2.45) is 0 Å². The summed E-state index contributed by atoms with van der Waals surface area (Å²) in [4.78, 5) is 18.3. The fraction of sp³-hybridized carbons (Fsp3) is 0.550. The average molecular weight is 407 g/mol. The van der Waals surface area contributed by atoms with Gasteiger partial charge in [-0.1, -0.05) is 18.2 Å². The van der Waals surface area contributed by atoms with E-state index >= 15 is 0 Å². The van der Waals surface area contributed by atoms with Gasteiger partial charge in [-0.25, -0.2) is 8.42 Å². The van der Waals surface area contributed by atoms with Gasteiger partial charge < -0.3 is 20.1 Å². The summed E-state index contributed by atoms with van der Waals surface area (Å²) in [6, 6.07) is 8.47. The summed E-state index contributed by atoms with van der Waals surface area (Å²) in [5.74, 6) is 0.782. The molecule has 2 aliphatic rings. The van der Waals surface area contributed by atoms with Gasteiger partial charge in [0.05, 0.1) is 5.75 Å². The lowest BCUT2D eigenvalue weighted by Gasteiger charge is -2.32. The van der Waals surface area contributed by atoms with E-state index in [9.17, 15) is 13.2 Å². The van der Waals surface area contributed by atoms with Crippen molar-refractivity contribution in [1.29, 1.82) is 0 Å². The van der Waals surface area contributed by atoms with Crippen LogP contribution in [0.1, 0.15) is 12.0 Å². The first-order valence-corrected chi connectivity index (χ1v) is 12.0. The molecule has 4 N–H and O–H groups in total. The summed E-state index contributed by atoms with van der Waals surface area (Å²) in [6.07, 6.45) is 3.63. The maximum Gasteiger partial charge on any atom is 0.275 e. The highest BCUT2D eigenvalue weighted by molar-refractivity contribution is 7.91. The molecule has 0 unspecified atom stereocenters. The number of rotatable bonds is 6. The number of hydrogen-bond acceptors (Lipinski definition) is 3. The van der Waals surface area contributed by atoms with Crippen molar-refractivity contribution in [1.82, 2.24) is 10.3 Å². The number of amides is 1. The number of para-hydroxylation sites is 1. The minimum Gasteiger partial charge on any atom is -0.361 e. The summed E-state index contributed by atoms with van der Waals surface area (Å²) >= 11 is 0. The van der Waals surface area contributed by atoms with E-state index < -0.39 is 9.84 Å². The molecule has 2 aliphatic heterocycles. The number of aromatic nitrogens is 1. The fourth-order valence-electron chi connectivity index (χ4n) is 4.59. The number of carbonyl (C=O) groups excluding carboxylic acids is 1. The molecule has 1 amide bonds. The van der Waals surface area contributed by atoms with Gasteiger partial charge in [0.15, 0.2) is 16.4 Å². The highest BCUT2D eigenvalue weighted by atomic mass is 32.2. The van der Waals surface area contributed by atoms with Crippen LogP contribution in [0, 0.1) is 0 Å². The lowest BCUT2D eigenvalue weighted by Crippen LogP contribution is -3.30. The number of aromatic amines is 1. The zero-order valence-corrected chi connectivity index (χ0v) is 17.0. The number of sulfone groups is 1. The van der Waals surface area contributed by atoms with Crippen LogP contribution in [-0.2, 0) is 21.1 Å². The summed E-state index contributed by atoms with van der Waals surface area (Å²) in [5.41, 5.74) is 2.36. The third-order valence-electron chi connectivity index (χ3n) is 6.21. The first kappa shape index (κ1) is 19.4. The number of hydrogen-bond donors (Lipinski definition) is 4. The van der Waals surface area contributed by atoms with Gasteiger partial charge in [0.25, 0.3) is 5.91 Å². The van der Waals surface area contributed by atoms with Gasteiger partial charge in [-0.05, 0) is 18.1 Å². The van der Waals surface area contributed by atoms with E-state index in [-0.39, 0.29) is 11.9 Å². The first-order valence-electron chi connectivity index (χ1n) is 10.2. The maximum absolute atomic E-state index is 12.3. The zero-order chi connectivity index (χ0) is 19.6. The SMILES string of the molecule is O=C(C[NH+]1CC[NH+]([C@H]2CCS(=O)(=O)C2)CC1)NCCc1c[nH]c2ccccc12. The molecule has 8 heteroatoms. The molecular weight excluding hydrogens is 376 g/mol. The third-order valence-corrected chi connectivity index (χ3v) is 7.98. The largest absolute Gasteiger partial charge is 0.361 e. The van der Waals surface area contributed by atoms with Crippen molar-refractivity contribution in [3.05, 3.63) is 36.0 Å². The number of quaternary nitrogens is 2. The zero-order valence-electron chi connectivity index (χ0n) is 16.2. The molecule has 3 heterocycles. The van der Waals surface area contributed by atoms with E-state index in [4.69, 9.17) is 0 Å². The molecule has 0 spiro atoms. The van der Waals surface area contributed by atoms with Crippen LogP contribution in [0.5, 0.6) is 0 Å². The van der Waals surface area contributed by atoms with Crippen LogP contribution >= 0.6 is 0 Å². The molecule has 0 aliphatic carbocycles. The minimum atomic E-state index is -2.81. The molecule has 0 bridgehead atoms.